The standard InChI is InChI=1S/C10H9BrClN3O2S/c1-15-9(13-14-10(15)18(12,16)17)6-7-2-4-8(11)5-3-7/h2-5H,6H2,1H3. The molecule has 0 N–H and O–H groups in total. The minimum atomic E-state index is -3.86. The second-order valence-electron chi connectivity index (χ2n) is 3.70. The summed E-state index contributed by atoms with van der Waals surface area (Å²) in [6, 6.07) is 7.66. The van der Waals surface area contributed by atoms with Crippen LogP contribution in [0.4, 0.5) is 0 Å². The van der Waals surface area contributed by atoms with Crippen LogP contribution in [-0.4, -0.2) is 23.2 Å². The molecule has 8 heteroatoms. The summed E-state index contributed by atoms with van der Waals surface area (Å²) in [6.45, 7) is 0. The van der Waals surface area contributed by atoms with E-state index >= 15 is 0 Å². The van der Waals surface area contributed by atoms with Crippen LogP contribution in [0, 0.1) is 0 Å². The van der Waals surface area contributed by atoms with Crippen LogP contribution in [0.3, 0.4) is 0 Å². The molecule has 18 heavy (non-hydrogen) atoms. The molecule has 0 aliphatic rings. The maximum Gasteiger partial charge on any atom is 0.296 e. The van der Waals surface area contributed by atoms with Gasteiger partial charge in [-0.15, -0.1) is 10.2 Å². The Balaban J connectivity index is 2.31. The Bertz CT molecular complexity index is 667. The van der Waals surface area contributed by atoms with Crippen LogP contribution in [0.25, 0.3) is 0 Å². The molecule has 0 atom stereocenters. The van der Waals surface area contributed by atoms with Gasteiger partial charge in [0.05, 0.1) is 0 Å². The zero-order valence-electron chi connectivity index (χ0n) is 9.34. The highest BCUT2D eigenvalue weighted by molar-refractivity contribution is 9.10. The quantitative estimate of drug-likeness (QED) is 0.795. The lowest BCUT2D eigenvalue weighted by Crippen LogP contribution is -2.05. The van der Waals surface area contributed by atoms with Crippen molar-refractivity contribution >= 4 is 35.7 Å². The van der Waals surface area contributed by atoms with E-state index in [-0.39, 0.29) is 5.16 Å². The molecule has 0 amide bonds. The molecule has 0 aliphatic carbocycles. The summed E-state index contributed by atoms with van der Waals surface area (Å²) < 4.78 is 24.8. The fourth-order valence-corrected chi connectivity index (χ4v) is 2.73. The molecule has 0 spiro atoms. The van der Waals surface area contributed by atoms with Crippen LogP contribution in [0.15, 0.2) is 33.9 Å². The van der Waals surface area contributed by atoms with Crippen LogP contribution in [0.1, 0.15) is 11.4 Å². The largest absolute Gasteiger partial charge is 0.304 e. The van der Waals surface area contributed by atoms with Gasteiger partial charge < -0.3 is 4.57 Å². The first-order valence-corrected chi connectivity index (χ1v) is 8.05. The third-order valence-electron chi connectivity index (χ3n) is 2.42. The lowest BCUT2D eigenvalue weighted by Gasteiger charge is -2.02. The lowest BCUT2D eigenvalue weighted by atomic mass is 10.1. The summed E-state index contributed by atoms with van der Waals surface area (Å²) >= 11 is 3.35. The van der Waals surface area contributed by atoms with Gasteiger partial charge in [0.15, 0.2) is 0 Å². The Morgan fingerprint density at radius 3 is 2.39 bits per heavy atom. The van der Waals surface area contributed by atoms with E-state index < -0.39 is 9.05 Å². The van der Waals surface area contributed by atoms with Gasteiger partial charge >= 0.3 is 0 Å². The first kappa shape index (κ1) is 13.5. The molecule has 0 fully saturated rings. The van der Waals surface area contributed by atoms with Gasteiger partial charge in [-0.25, -0.2) is 8.42 Å². The average Bonchev–Trinajstić information content (AvgIpc) is 2.63. The number of benzene rings is 1. The zero-order chi connectivity index (χ0) is 13.3. The first-order valence-electron chi connectivity index (χ1n) is 4.95. The van der Waals surface area contributed by atoms with Gasteiger partial charge in [-0.3, -0.25) is 0 Å². The second-order valence-corrected chi connectivity index (χ2v) is 7.07. The topological polar surface area (TPSA) is 64.8 Å². The number of hydrogen-bond acceptors (Lipinski definition) is 4. The van der Waals surface area contributed by atoms with Crippen LogP contribution < -0.4 is 0 Å². The second kappa shape index (κ2) is 4.99. The van der Waals surface area contributed by atoms with E-state index in [1.807, 2.05) is 24.3 Å². The van der Waals surface area contributed by atoms with Crippen molar-refractivity contribution in [1.29, 1.82) is 0 Å². The number of hydrogen-bond donors (Lipinski definition) is 0. The summed E-state index contributed by atoms with van der Waals surface area (Å²) in [5, 5.41) is 7.18. The van der Waals surface area contributed by atoms with Crippen LogP contribution in [0.2, 0.25) is 0 Å². The Hall–Kier alpha value is -0.920. The van der Waals surface area contributed by atoms with Crippen molar-refractivity contribution in [1.82, 2.24) is 14.8 Å². The summed E-state index contributed by atoms with van der Waals surface area (Å²) in [5.74, 6) is 0.538. The molecule has 0 aliphatic heterocycles. The van der Waals surface area contributed by atoms with Crippen molar-refractivity contribution in [2.75, 3.05) is 0 Å². The molecule has 0 unspecified atom stereocenters. The molecule has 2 rings (SSSR count). The SMILES string of the molecule is Cn1c(Cc2ccc(Br)cc2)nnc1S(=O)(=O)Cl. The summed E-state index contributed by atoms with van der Waals surface area (Å²) in [4.78, 5) is 0. The third kappa shape index (κ3) is 2.90. The van der Waals surface area contributed by atoms with Crippen molar-refractivity contribution in [3.63, 3.8) is 0 Å². The summed E-state index contributed by atoms with van der Waals surface area (Å²) in [5.41, 5.74) is 1.01. The smallest absolute Gasteiger partial charge is 0.296 e. The van der Waals surface area contributed by atoms with E-state index in [2.05, 4.69) is 26.1 Å². The molecule has 1 aromatic carbocycles. The molecular formula is C10H9BrClN3O2S. The van der Waals surface area contributed by atoms with Crippen molar-refractivity contribution in [3.8, 4) is 0 Å². The normalized spacial score (nSPS) is 11.7. The predicted octanol–water partition coefficient (Wildman–Crippen LogP) is 2.10. The fraction of sp³-hybridized carbons (Fsp3) is 0.200. The van der Waals surface area contributed by atoms with Gasteiger partial charge in [0.25, 0.3) is 14.2 Å². The lowest BCUT2D eigenvalue weighted by molar-refractivity contribution is 0.591. The van der Waals surface area contributed by atoms with Crippen LogP contribution in [-0.2, 0) is 22.5 Å². The van der Waals surface area contributed by atoms with Crippen LogP contribution in [0.5, 0.6) is 0 Å². The summed E-state index contributed by atoms with van der Waals surface area (Å²) in [6.07, 6.45) is 0.489. The highest BCUT2D eigenvalue weighted by Gasteiger charge is 2.20. The molecule has 5 nitrogen and oxygen atoms in total. The van der Waals surface area contributed by atoms with Gasteiger partial charge in [0, 0.05) is 28.6 Å². The maximum atomic E-state index is 11.2. The van der Waals surface area contributed by atoms with Crippen molar-refractivity contribution in [3.05, 3.63) is 40.1 Å². The Morgan fingerprint density at radius 2 is 1.89 bits per heavy atom. The van der Waals surface area contributed by atoms with E-state index in [1.54, 1.807) is 7.05 Å². The van der Waals surface area contributed by atoms with Crippen LogP contribution >= 0.6 is 26.6 Å². The van der Waals surface area contributed by atoms with Gasteiger partial charge in [0.2, 0.25) is 0 Å². The van der Waals surface area contributed by atoms with E-state index in [4.69, 9.17) is 10.7 Å². The van der Waals surface area contributed by atoms with Gasteiger partial charge in [0.1, 0.15) is 5.82 Å². The fourth-order valence-electron chi connectivity index (χ4n) is 1.50. The van der Waals surface area contributed by atoms with Crippen molar-refractivity contribution < 1.29 is 8.42 Å². The van der Waals surface area contributed by atoms with E-state index in [1.165, 1.54) is 4.57 Å². The number of nitrogens with zero attached hydrogens (tertiary/aromatic N) is 3. The molecule has 1 aromatic heterocycles. The molecule has 0 saturated heterocycles. The molecule has 0 saturated carbocycles. The van der Waals surface area contributed by atoms with E-state index in [0.29, 0.717) is 12.2 Å². The molecule has 1 heterocycles. The Kier molecular flexibility index (Phi) is 3.74. The average molecular weight is 351 g/mol. The van der Waals surface area contributed by atoms with E-state index in [9.17, 15) is 8.42 Å². The summed E-state index contributed by atoms with van der Waals surface area (Å²) in [7, 11) is 2.96. The van der Waals surface area contributed by atoms with Gasteiger partial charge in [-0.05, 0) is 17.7 Å². The van der Waals surface area contributed by atoms with Crippen molar-refractivity contribution in [2.45, 2.75) is 11.6 Å². The Morgan fingerprint density at radius 1 is 1.28 bits per heavy atom. The zero-order valence-corrected chi connectivity index (χ0v) is 12.5. The Labute approximate surface area is 117 Å². The number of aromatic nitrogens is 3. The molecule has 96 valence electrons. The highest BCUT2D eigenvalue weighted by Crippen LogP contribution is 2.16. The monoisotopic (exact) mass is 349 g/mol. The van der Waals surface area contributed by atoms with E-state index in [0.717, 1.165) is 10.0 Å². The van der Waals surface area contributed by atoms with Gasteiger partial charge in [-0.1, -0.05) is 28.1 Å². The molecule has 0 radical (unpaired) electrons. The van der Waals surface area contributed by atoms with Crippen molar-refractivity contribution in [2.24, 2.45) is 7.05 Å². The highest BCUT2D eigenvalue weighted by atomic mass is 79.9. The number of halogens is 2. The molecule has 2 aromatic rings. The third-order valence-corrected chi connectivity index (χ3v) is 4.15. The first-order chi connectivity index (χ1) is 8.38. The maximum absolute atomic E-state index is 11.2. The van der Waals surface area contributed by atoms with Gasteiger partial charge in [-0.2, -0.15) is 0 Å². The molecule has 0 bridgehead atoms. The molecular weight excluding hydrogens is 342 g/mol. The number of rotatable bonds is 3. The predicted molar refractivity (Wildman–Crippen MR) is 71.0 cm³/mol. The minimum absolute atomic E-state index is 0.240. The minimum Gasteiger partial charge on any atom is -0.304 e.